The van der Waals surface area contributed by atoms with Crippen LogP contribution in [0.4, 0.5) is 0 Å². The SMILES string of the molecule is COc1cc(-c2c3c(nn2-c2ccc(C(=O)O)cc2)CCCC3)cc(OC)c1OC. The molecule has 0 saturated carbocycles. The number of methoxy groups -OCH3 is 3. The smallest absolute Gasteiger partial charge is 0.335 e. The molecule has 4 rings (SSSR count). The summed E-state index contributed by atoms with van der Waals surface area (Å²) in [4.78, 5) is 11.2. The van der Waals surface area contributed by atoms with Gasteiger partial charge in [0.2, 0.25) is 5.75 Å². The molecular weight excluding hydrogens is 384 g/mol. The molecule has 0 saturated heterocycles. The standard InChI is InChI=1S/C23H24N2O5/c1-28-19-12-15(13-20(29-2)22(19)30-3)21-17-6-4-5-7-18(17)24-25(21)16-10-8-14(9-11-16)23(26)27/h8-13H,4-7H2,1-3H3,(H,26,27). The quantitative estimate of drug-likeness (QED) is 0.660. The number of hydrogen-bond acceptors (Lipinski definition) is 5. The van der Waals surface area contributed by atoms with Gasteiger partial charge in [-0.15, -0.1) is 0 Å². The molecule has 0 bridgehead atoms. The minimum atomic E-state index is -0.953. The number of benzene rings is 2. The van der Waals surface area contributed by atoms with Crippen molar-refractivity contribution in [2.24, 2.45) is 0 Å². The molecule has 0 fully saturated rings. The number of carbonyl (C=O) groups is 1. The van der Waals surface area contributed by atoms with Gasteiger partial charge in [-0.2, -0.15) is 5.10 Å². The third-order valence-electron chi connectivity index (χ3n) is 5.45. The van der Waals surface area contributed by atoms with Crippen LogP contribution in [0.15, 0.2) is 36.4 Å². The lowest BCUT2D eigenvalue weighted by molar-refractivity contribution is 0.0697. The van der Waals surface area contributed by atoms with Crippen LogP contribution < -0.4 is 14.2 Å². The second kappa shape index (κ2) is 8.10. The molecule has 0 aliphatic heterocycles. The minimum absolute atomic E-state index is 0.241. The zero-order valence-electron chi connectivity index (χ0n) is 17.3. The molecule has 0 radical (unpaired) electrons. The second-order valence-electron chi connectivity index (χ2n) is 7.16. The van der Waals surface area contributed by atoms with Gasteiger partial charge in [-0.05, 0) is 62.1 Å². The van der Waals surface area contributed by atoms with Crippen molar-refractivity contribution in [3.63, 3.8) is 0 Å². The Hall–Kier alpha value is -3.48. The molecule has 1 heterocycles. The van der Waals surface area contributed by atoms with Crippen molar-refractivity contribution in [3.05, 3.63) is 53.2 Å². The monoisotopic (exact) mass is 408 g/mol. The van der Waals surface area contributed by atoms with Crippen molar-refractivity contribution in [2.45, 2.75) is 25.7 Å². The first-order chi connectivity index (χ1) is 14.6. The van der Waals surface area contributed by atoms with Gasteiger partial charge >= 0.3 is 5.97 Å². The Balaban J connectivity index is 1.93. The second-order valence-corrected chi connectivity index (χ2v) is 7.16. The molecule has 0 unspecified atom stereocenters. The summed E-state index contributed by atoms with van der Waals surface area (Å²) in [5.41, 5.74) is 5.20. The summed E-state index contributed by atoms with van der Waals surface area (Å²) in [6, 6.07) is 10.6. The Morgan fingerprint density at radius 2 is 1.60 bits per heavy atom. The average Bonchev–Trinajstić information content (AvgIpc) is 3.17. The molecule has 0 atom stereocenters. The van der Waals surface area contributed by atoms with E-state index < -0.39 is 5.97 Å². The van der Waals surface area contributed by atoms with Gasteiger partial charge in [-0.3, -0.25) is 0 Å². The largest absolute Gasteiger partial charge is 0.493 e. The fourth-order valence-corrected chi connectivity index (χ4v) is 4.00. The molecule has 2 aromatic carbocycles. The Morgan fingerprint density at radius 1 is 0.967 bits per heavy atom. The molecule has 3 aromatic rings. The lowest BCUT2D eigenvalue weighted by Gasteiger charge is -2.17. The van der Waals surface area contributed by atoms with Gasteiger partial charge in [0.15, 0.2) is 11.5 Å². The van der Waals surface area contributed by atoms with Gasteiger partial charge in [-0.25, -0.2) is 9.48 Å². The summed E-state index contributed by atoms with van der Waals surface area (Å²) in [6.07, 6.45) is 4.08. The first-order valence-electron chi connectivity index (χ1n) is 9.82. The first-order valence-corrected chi connectivity index (χ1v) is 9.82. The van der Waals surface area contributed by atoms with Crippen molar-refractivity contribution in [3.8, 4) is 34.2 Å². The Kier molecular flexibility index (Phi) is 5.35. The van der Waals surface area contributed by atoms with Crippen LogP contribution in [-0.2, 0) is 12.8 Å². The zero-order chi connectivity index (χ0) is 21.3. The van der Waals surface area contributed by atoms with Crippen LogP contribution in [0.5, 0.6) is 17.2 Å². The van der Waals surface area contributed by atoms with Crippen LogP contribution in [0.25, 0.3) is 16.9 Å². The summed E-state index contributed by atoms with van der Waals surface area (Å²) in [6.45, 7) is 0. The number of rotatable bonds is 6. The molecule has 30 heavy (non-hydrogen) atoms. The molecule has 7 heteroatoms. The van der Waals surface area contributed by atoms with Crippen LogP contribution >= 0.6 is 0 Å². The van der Waals surface area contributed by atoms with E-state index in [1.807, 2.05) is 16.8 Å². The third kappa shape index (κ3) is 3.36. The summed E-state index contributed by atoms with van der Waals surface area (Å²) in [5, 5.41) is 14.1. The van der Waals surface area contributed by atoms with E-state index >= 15 is 0 Å². The van der Waals surface area contributed by atoms with Gasteiger partial charge in [0, 0.05) is 11.1 Å². The fraction of sp³-hybridized carbons (Fsp3) is 0.304. The summed E-state index contributed by atoms with van der Waals surface area (Å²) >= 11 is 0. The van der Waals surface area contributed by atoms with E-state index in [0.717, 1.165) is 48.3 Å². The first kappa shape index (κ1) is 19.8. The van der Waals surface area contributed by atoms with Gasteiger partial charge in [-0.1, -0.05) is 0 Å². The van der Waals surface area contributed by atoms with Crippen LogP contribution in [0.2, 0.25) is 0 Å². The molecule has 0 spiro atoms. The number of aryl methyl sites for hydroxylation is 1. The topological polar surface area (TPSA) is 82.8 Å². The number of nitrogens with zero attached hydrogens (tertiary/aromatic N) is 2. The van der Waals surface area contributed by atoms with Crippen LogP contribution in [0.1, 0.15) is 34.5 Å². The summed E-state index contributed by atoms with van der Waals surface area (Å²) < 4.78 is 18.5. The molecule has 1 aromatic heterocycles. The van der Waals surface area contributed by atoms with Gasteiger partial charge in [0.05, 0.1) is 44.0 Å². The van der Waals surface area contributed by atoms with Crippen molar-refractivity contribution >= 4 is 5.97 Å². The molecule has 1 aliphatic rings. The van der Waals surface area contributed by atoms with Crippen LogP contribution in [0.3, 0.4) is 0 Å². The van der Waals surface area contributed by atoms with Crippen molar-refractivity contribution in [1.82, 2.24) is 9.78 Å². The van der Waals surface area contributed by atoms with Gasteiger partial charge in [0.1, 0.15) is 0 Å². The highest BCUT2D eigenvalue weighted by Crippen LogP contribution is 2.43. The summed E-state index contributed by atoms with van der Waals surface area (Å²) in [5.74, 6) is 0.733. The Morgan fingerprint density at radius 3 is 2.17 bits per heavy atom. The predicted molar refractivity (Wildman–Crippen MR) is 112 cm³/mol. The Labute approximate surface area is 174 Å². The number of carboxylic acids is 1. The van der Waals surface area contributed by atoms with Gasteiger partial charge < -0.3 is 19.3 Å². The lowest BCUT2D eigenvalue weighted by atomic mass is 9.93. The van der Waals surface area contributed by atoms with Crippen LogP contribution in [0, 0.1) is 0 Å². The maximum absolute atomic E-state index is 11.2. The Bertz CT molecular complexity index is 1060. The number of ether oxygens (including phenoxy) is 3. The molecule has 1 aliphatic carbocycles. The van der Waals surface area contributed by atoms with E-state index in [9.17, 15) is 9.90 Å². The molecule has 7 nitrogen and oxygen atoms in total. The van der Waals surface area contributed by atoms with E-state index in [4.69, 9.17) is 19.3 Å². The molecule has 1 N–H and O–H groups in total. The highest BCUT2D eigenvalue weighted by atomic mass is 16.5. The molecular formula is C23H24N2O5. The van der Waals surface area contributed by atoms with E-state index in [1.165, 1.54) is 5.56 Å². The normalized spacial score (nSPS) is 12.9. The molecule has 0 amide bonds. The average molecular weight is 408 g/mol. The minimum Gasteiger partial charge on any atom is -0.493 e. The molecule has 156 valence electrons. The highest BCUT2D eigenvalue weighted by molar-refractivity contribution is 5.87. The highest BCUT2D eigenvalue weighted by Gasteiger charge is 2.25. The van der Waals surface area contributed by atoms with E-state index in [2.05, 4.69) is 0 Å². The number of hydrogen-bond donors (Lipinski definition) is 1. The van der Waals surface area contributed by atoms with Crippen molar-refractivity contribution < 1.29 is 24.1 Å². The van der Waals surface area contributed by atoms with Crippen molar-refractivity contribution in [2.75, 3.05) is 21.3 Å². The number of carboxylic acid groups (broad SMARTS) is 1. The number of aromatic carboxylic acids is 1. The number of fused-ring (bicyclic) bond motifs is 1. The lowest BCUT2D eigenvalue weighted by Crippen LogP contribution is -2.03. The van der Waals surface area contributed by atoms with Crippen LogP contribution in [-0.4, -0.2) is 42.2 Å². The summed E-state index contributed by atoms with van der Waals surface area (Å²) in [7, 11) is 4.77. The van der Waals surface area contributed by atoms with Gasteiger partial charge in [0.25, 0.3) is 0 Å². The third-order valence-corrected chi connectivity index (χ3v) is 5.45. The van der Waals surface area contributed by atoms with E-state index in [1.54, 1.807) is 45.6 Å². The van der Waals surface area contributed by atoms with E-state index in [0.29, 0.717) is 17.2 Å². The predicted octanol–water partition coefficient (Wildman–Crippen LogP) is 4.14. The maximum atomic E-state index is 11.2. The fourth-order valence-electron chi connectivity index (χ4n) is 4.00. The van der Waals surface area contributed by atoms with E-state index in [-0.39, 0.29) is 5.56 Å². The zero-order valence-corrected chi connectivity index (χ0v) is 17.3. The number of aromatic nitrogens is 2. The van der Waals surface area contributed by atoms with Crippen molar-refractivity contribution in [1.29, 1.82) is 0 Å². The maximum Gasteiger partial charge on any atom is 0.335 e.